The van der Waals surface area contributed by atoms with Gasteiger partial charge < -0.3 is 5.32 Å². The summed E-state index contributed by atoms with van der Waals surface area (Å²) in [6.45, 7) is 5.49. The van der Waals surface area contributed by atoms with Gasteiger partial charge in [0.25, 0.3) is 0 Å². The van der Waals surface area contributed by atoms with Crippen LogP contribution in [0.1, 0.15) is 50.8 Å². The van der Waals surface area contributed by atoms with Crippen LogP contribution in [-0.2, 0) is 6.42 Å². The SMILES string of the molecule is CCCCCCC(Cc1ccc(Cl)s1)NCC. The van der Waals surface area contributed by atoms with E-state index in [2.05, 4.69) is 25.2 Å². The van der Waals surface area contributed by atoms with Crippen LogP contribution in [0.3, 0.4) is 0 Å². The Balaban J connectivity index is 2.32. The second-order valence-electron chi connectivity index (χ2n) is 4.51. The van der Waals surface area contributed by atoms with E-state index in [4.69, 9.17) is 11.6 Å². The molecule has 0 saturated heterocycles. The van der Waals surface area contributed by atoms with Crippen LogP contribution in [0, 0.1) is 0 Å². The van der Waals surface area contributed by atoms with Crippen LogP contribution >= 0.6 is 22.9 Å². The number of rotatable bonds is 9. The molecule has 1 rings (SSSR count). The highest BCUT2D eigenvalue weighted by atomic mass is 35.5. The molecule has 1 aromatic rings. The predicted octanol–water partition coefficient (Wildman–Crippen LogP) is 4.89. The highest BCUT2D eigenvalue weighted by Crippen LogP contribution is 2.23. The van der Waals surface area contributed by atoms with E-state index in [0.717, 1.165) is 17.3 Å². The molecule has 0 aliphatic rings. The van der Waals surface area contributed by atoms with Gasteiger partial charge in [-0.05, 0) is 31.5 Å². The number of hydrogen-bond donors (Lipinski definition) is 1. The van der Waals surface area contributed by atoms with Crippen molar-refractivity contribution in [3.05, 3.63) is 21.3 Å². The second-order valence-corrected chi connectivity index (χ2v) is 6.31. The average molecular weight is 274 g/mol. The molecular weight excluding hydrogens is 250 g/mol. The second kappa shape index (κ2) is 8.96. The Morgan fingerprint density at radius 2 is 2.06 bits per heavy atom. The third-order valence-electron chi connectivity index (χ3n) is 2.98. The molecule has 0 aliphatic carbocycles. The standard InChI is InChI=1S/C14H24ClNS/c1-3-5-6-7-8-12(16-4-2)11-13-9-10-14(15)17-13/h9-10,12,16H,3-8,11H2,1-2H3. The first-order chi connectivity index (χ1) is 8.26. The minimum Gasteiger partial charge on any atom is -0.314 e. The van der Waals surface area contributed by atoms with E-state index in [9.17, 15) is 0 Å². The van der Waals surface area contributed by atoms with Crippen LogP contribution in [0.5, 0.6) is 0 Å². The van der Waals surface area contributed by atoms with Crippen LogP contribution in [0.15, 0.2) is 12.1 Å². The molecule has 0 bridgehead atoms. The molecule has 1 atom stereocenters. The molecule has 0 aromatic carbocycles. The van der Waals surface area contributed by atoms with Crippen molar-refractivity contribution < 1.29 is 0 Å². The maximum absolute atomic E-state index is 5.96. The molecule has 0 fully saturated rings. The summed E-state index contributed by atoms with van der Waals surface area (Å²) in [5.41, 5.74) is 0. The molecule has 1 heterocycles. The summed E-state index contributed by atoms with van der Waals surface area (Å²) in [6.07, 6.45) is 7.78. The van der Waals surface area contributed by atoms with E-state index in [0.29, 0.717) is 6.04 Å². The smallest absolute Gasteiger partial charge is 0.0931 e. The Labute approximate surface area is 115 Å². The molecule has 0 saturated carbocycles. The van der Waals surface area contributed by atoms with Crippen molar-refractivity contribution in [1.82, 2.24) is 5.32 Å². The Morgan fingerprint density at radius 3 is 2.65 bits per heavy atom. The summed E-state index contributed by atoms with van der Waals surface area (Å²) in [5.74, 6) is 0. The number of hydrogen-bond acceptors (Lipinski definition) is 2. The summed E-state index contributed by atoms with van der Waals surface area (Å²) >= 11 is 7.68. The van der Waals surface area contributed by atoms with Crippen LogP contribution in [0.4, 0.5) is 0 Å². The van der Waals surface area contributed by atoms with E-state index >= 15 is 0 Å². The maximum atomic E-state index is 5.96. The van der Waals surface area contributed by atoms with Crippen LogP contribution in [0.2, 0.25) is 4.34 Å². The first kappa shape index (κ1) is 15.0. The molecule has 98 valence electrons. The van der Waals surface area contributed by atoms with Gasteiger partial charge in [-0.3, -0.25) is 0 Å². The van der Waals surface area contributed by atoms with E-state index in [1.807, 2.05) is 6.07 Å². The van der Waals surface area contributed by atoms with E-state index in [1.54, 1.807) is 11.3 Å². The Hall–Kier alpha value is -0.0500. The normalized spacial score (nSPS) is 12.9. The maximum Gasteiger partial charge on any atom is 0.0931 e. The van der Waals surface area contributed by atoms with Gasteiger partial charge in [0.15, 0.2) is 0 Å². The predicted molar refractivity (Wildman–Crippen MR) is 79.3 cm³/mol. The zero-order valence-electron chi connectivity index (χ0n) is 11.0. The molecule has 1 unspecified atom stereocenters. The third-order valence-corrected chi connectivity index (χ3v) is 4.23. The molecule has 17 heavy (non-hydrogen) atoms. The van der Waals surface area contributed by atoms with Gasteiger partial charge in [-0.15, -0.1) is 11.3 Å². The van der Waals surface area contributed by atoms with Gasteiger partial charge in [-0.1, -0.05) is 51.1 Å². The zero-order valence-corrected chi connectivity index (χ0v) is 12.5. The molecule has 1 aromatic heterocycles. The largest absolute Gasteiger partial charge is 0.314 e. The van der Waals surface area contributed by atoms with Crippen molar-refractivity contribution in [2.24, 2.45) is 0 Å². The van der Waals surface area contributed by atoms with E-state index in [-0.39, 0.29) is 0 Å². The molecule has 1 nitrogen and oxygen atoms in total. The molecule has 0 amide bonds. The lowest BCUT2D eigenvalue weighted by atomic mass is 10.0. The lowest BCUT2D eigenvalue weighted by molar-refractivity contribution is 0.465. The number of likely N-dealkylation sites (N-methyl/N-ethyl adjacent to an activating group) is 1. The van der Waals surface area contributed by atoms with Crippen LogP contribution < -0.4 is 5.32 Å². The highest BCUT2D eigenvalue weighted by Gasteiger charge is 2.09. The molecule has 0 aliphatic heterocycles. The van der Waals surface area contributed by atoms with Gasteiger partial charge in [0.1, 0.15) is 0 Å². The minimum absolute atomic E-state index is 0.617. The first-order valence-electron chi connectivity index (χ1n) is 6.73. The fourth-order valence-corrected chi connectivity index (χ4v) is 3.25. The van der Waals surface area contributed by atoms with Crippen molar-refractivity contribution in [3.63, 3.8) is 0 Å². The number of nitrogens with one attached hydrogen (secondary N) is 1. The Bertz CT molecular complexity index is 298. The van der Waals surface area contributed by atoms with Crippen molar-refractivity contribution in [3.8, 4) is 0 Å². The van der Waals surface area contributed by atoms with Crippen LogP contribution in [0.25, 0.3) is 0 Å². The number of halogens is 1. The topological polar surface area (TPSA) is 12.0 Å². The summed E-state index contributed by atoms with van der Waals surface area (Å²) in [7, 11) is 0. The quantitative estimate of drug-likeness (QED) is 0.632. The monoisotopic (exact) mass is 273 g/mol. The Morgan fingerprint density at radius 1 is 1.24 bits per heavy atom. The lowest BCUT2D eigenvalue weighted by Gasteiger charge is -2.16. The molecule has 1 N–H and O–H groups in total. The van der Waals surface area contributed by atoms with Crippen molar-refractivity contribution in [2.45, 2.75) is 58.4 Å². The van der Waals surface area contributed by atoms with Gasteiger partial charge >= 0.3 is 0 Å². The summed E-state index contributed by atoms with van der Waals surface area (Å²) in [6, 6.07) is 4.77. The van der Waals surface area contributed by atoms with Gasteiger partial charge in [0.05, 0.1) is 4.34 Å². The number of thiophene rings is 1. The summed E-state index contributed by atoms with van der Waals surface area (Å²) in [5, 5.41) is 3.58. The van der Waals surface area contributed by atoms with E-state index < -0.39 is 0 Å². The fraction of sp³-hybridized carbons (Fsp3) is 0.714. The third kappa shape index (κ3) is 6.44. The van der Waals surface area contributed by atoms with E-state index in [1.165, 1.54) is 37.0 Å². The Kier molecular flexibility index (Phi) is 7.91. The zero-order chi connectivity index (χ0) is 12.5. The molecule has 0 radical (unpaired) electrons. The highest BCUT2D eigenvalue weighted by molar-refractivity contribution is 7.16. The van der Waals surface area contributed by atoms with Crippen molar-refractivity contribution >= 4 is 22.9 Å². The first-order valence-corrected chi connectivity index (χ1v) is 7.93. The summed E-state index contributed by atoms with van der Waals surface area (Å²) < 4.78 is 0.904. The van der Waals surface area contributed by atoms with Crippen molar-refractivity contribution in [2.75, 3.05) is 6.54 Å². The molecular formula is C14H24ClNS. The molecule has 0 spiro atoms. The number of unbranched alkanes of at least 4 members (excludes halogenated alkanes) is 3. The minimum atomic E-state index is 0.617. The van der Waals surface area contributed by atoms with Gasteiger partial charge in [-0.25, -0.2) is 0 Å². The van der Waals surface area contributed by atoms with Gasteiger partial charge in [0.2, 0.25) is 0 Å². The van der Waals surface area contributed by atoms with Gasteiger partial charge in [-0.2, -0.15) is 0 Å². The van der Waals surface area contributed by atoms with Gasteiger partial charge in [0, 0.05) is 10.9 Å². The fourth-order valence-electron chi connectivity index (χ4n) is 2.09. The molecule has 3 heteroatoms. The average Bonchev–Trinajstić information content (AvgIpc) is 2.70. The van der Waals surface area contributed by atoms with Crippen LogP contribution in [-0.4, -0.2) is 12.6 Å². The lowest BCUT2D eigenvalue weighted by Crippen LogP contribution is -2.30. The summed E-state index contributed by atoms with van der Waals surface area (Å²) in [4.78, 5) is 1.40. The van der Waals surface area contributed by atoms with Crippen molar-refractivity contribution in [1.29, 1.82) is 0 Å².